The predicted molar refractivity (Wildman–Crippen MR) is 125 cm³/mol. The Labute approximate surface area is 198 Å². The number of aryl methyl sites for hydroxylation is 1. The molecule has 1 aliphatic heterocycles. The number of non-ortho nitro benzene ring substituents is 1. The lowest BCUT2D eigenvalue weighted by Crippen LogP contribution is -2.32. The monoisotopic (exact) mass is 487 g/mol. The SMILES string of the molecule is Cc1ccc(C(C)C)c(OCCN2C(=O)S/C(=C\c3cc([N+](=O)[O-])cc([N+](=O)[O-])c3O)C2=O)c1. The van der Waals surface area contributed by atoms with Gasteiger partial charge in [-0.05, 0) is 47.9 Å². The molecule has 0 aromatic heterocycles. The number of benzene rings is 2. The molecule has 1 saturated heterocycles. The van der Waals surface area contributed by atoms with Gasteiger partial charge in [0, 0.05) is 11.6 Å². The average molecular weight is 487 g/mol. The van der Waals surface area contributed by atoms with E-state index in [2.05, 4.69) is 0 Å². The third-order valence-corrected chi connectivity index (χ3v) is 5.94. The second-order valence-corrected chi connectivity index (χ2v) is 8.79. The van der Waals surface area contributed by atoms with Crippen LogP contribution in [0.3, 0.4) is 0 Å². The number of hydrogen-bond acceptors (Lipinski definition) is 9. The molecule has 3 rings (SSSR count). The molecule has 2 aromatic carbocycles. The Morgan fingerprint density at radius 3 is 2.47 bits per heavy atom. The summed E-state index contributed by atoms with van der Waals surface area (Å²) in [7, 11) is 0. The van der Waals surface area contributed by atoms with Crippen molar-refractivity contribution in [2.24, 2.45) is 0 Å². The van der Waals surface area contributed by atoms with Gasteiger partial charge in [0.25, 0.3) is 16.8 Å². The summed E-state index contributed by atoms with van der Waals surface area (Å²) in [5, 5.41) is 31.8. The third-order valence-electron chi connectivity index (χ3n) is 5.04. The van der Waals surface area contributed by atoms with Crippen LogP contribution >= 0.6 is 11.8 Å². The highest BCUT2D eigenvalue weighted by Crippen LogP contribution is 2.39. The van der Waals surface area contributed by atoms with Gasteiger partial charge in [0.1, 0.15) is 12.4 Å². The van der Waals surface area contributed by atoms with Crippen molar-refractivity contribution < 1.29 is 29.3 Å². The number of ether oxygens (including phenoxy) is 1. The van der Waals surface area contributed by atoms with E-state index in [4.69, 9.17) is 4.74 Å². The fourth-order valence-electron chi connectivity index (χ4n) is 3.30. The first-order valence-corrected chi connectivity index (χ1v) is 11.0. The van der Waals surface area contributed by atoms with Gasteiger partial charge in [0.05, 0.1) is 27.4 Å². The standard InChI is InChI=1S/C22H21N3O8S/c1-12(2)16-5-4-13(3)8-18(16)33-7-6-23-21(27)19(34-22(23)28)10-14-9-15(24(29)30)11-17(20(14)26)25(31)32/h4-5,8-12,26H,6-7H2,1-3H3/b19-10-. The van der Waals surface area contributed by atoms with Crippen LogP contribution < -0.4 is 4.74 Å². The Morgan fingerprint density at radius 2 is 1.85 bits per heavy atom. The molecule has 178 valence electrons. The maximum Gasteiger partial charge on any atom is 0.318 e. The molecular weight excluding hydrogens is 466 g/mol. The van der Waals surface area contributed by atoms with E-state index in [-0.39, 0.29) is 29.5 Å². The molecule has 1 fully saturated rings. The number of aromatic hydroxyl groups is 1. The maximum absolute atomic E-state index is 12.8. The van der Waals surface area contributed by atoms with Crippen molar-refractivity contribution in [3.63, 3.8) is 0 Å². The van der Waals surface area contributed by atoms with Crippen LogP contribution in [0.1, 0.15) is 36.5 Å². The number of carbonyl (C=O) groups excluding carboxylic acids is 2. The Hall–Kier alpha value is -3.93. The normalized spacial score (nSPS) is 14.8. The number of hydrogen-bond donors (Lipinski definition) is 1. The van der Waals surface area contributed by atoms with Crippen LogP contribution in [0.15, 0.2) is 35.2 Å². The summed E-state index contributed by atoms with van der Waals surface area (Å²) < 4.78 is 5.83. The molecule has 1 heterocycles. The summed E-state index contributed by atoms with van der Waals surface area (Å²) in [6, 6.07) is 7.32. The van der Waals surface area contributed by atoms with E-state index in [0.29, 0.717) is 23.6 Å². The number of imide groups is 1. The molecule has 11 nitrogen and oxygen atoms in total. The van der Waals surface area contributed by atoms with Gasteiger partial charge in [-0.25, -0.2) is 0 Å². The van der Waals surface area contributed by atoms with Crippen molar-refractivity contribution in [2.45, 2.75) is 26.7 Å². The molecule has 0 saturated carbocycles. The summed E-state index contributed by atoms with van der Waals surface area (Å²) in [6.07, 6.45) is 1.03. The Morgan fingerprint density at radius 1 is 1.15 bits per heavy atom. The van der Waals surface area contributed by atoms with Crippen molar-refractivity contribution in [1.29, 1.82) is 0 Å². The topological polar surface area (TPSA) is 153 Å². The first-order chi connectivity index (χ1) is 16.0. The minimum absolute atomic E-state index is 0.0437. The summed E-state index contributed by atoms with van der Waals surface area (Å²) in [5.41, 5.74) is 0.153. The summed E-state index contributed by atoms with van der Waals surface area (Å²) in [6.45, 7) is 5.96. The molecule has 1 aliphatic rings. The highest BCUT2D eigenvalue weighted by atomic mass is 32.2. The molecule has 1 N–H and O–H groups in total. The smallest absolute Gasteiger partial charge is 0.318 e. The lowest BCUT2D eigenvalue weighted by atomic mass is 10.0. The molecule has 0 aliphatic carbocycles. The zero-order valence-corrected chi connectivity index (χ0v) is 19.3. The van der Waals surface area contributed by atoms with Crippen molar-refractivity contribution >= 4 is 40.4 Å². The summed E-state index contributed by atoms with van der Waals surface area (Å²) in [5.74, 6) is -0.666. The van der Waals surface area contributed by atoms with E-state index < -0.39 is 38.1 Å². The van der Waals surface area contributed by atoms with E-state index in [9.17, 15) is 34.9 Å². The van der Waals surface area contributed by atoms with Gasteiger partial charge < -0.3 is 9.84 Å². The second-order valence-electron chi connectivity index (χ2n) is 7.79. The van der Waals surface area contributed by atoms with Crippen LogP contribution in [0.2, 0.25) is 0 Å². The fraction of sp³-hybridized carbons (Fsp3) is 0.273. The van der Waals surface area contributed by atoms with Crippen molar-refractivity contribution in [3.05, 3.63) is 72.2 Å². The Balaban J connectivity index is 1.80. The molecule has 0 bridgehead atoms. The molecule has 2 amide bonds. The Kier molecular flexibility index (Phi) is 7.20. The number of phenolic OH excluding ortho intramolecular Hbond substituents is 1. The van der Waals surface area contributed by atoms with Gasteiger partial charge in [-0.1, -0.05) is 26.0 Å². The van der Waals surface area contributed by atoms with E-state index in [0.717, 1.165) is 28.2 Å². The second kappa shape index (κ2) is 9.91. The van der Waals surface area contributed by atoms with Crippen LogP contribution in [-0.2, 0) is 4.79 Å². The minimum Gasteiger partial charge on any atom is -0.502 e. The van der Waals surface area contributed by atoms with E-state index >= 15 is 0 Å². The van der Waals surface area contributed by atoms with Crippen LogP contribution in [0.4, 0.5) is 16.2 Å². The fourth-order valence-corrected chi connectivity index (χ4v) is 4.16. The number of nitro groups is 2. The third kappa shape index (κ3) is 5.17. The summed E-state index contributed by atoms with van der Waals surface area (Å²) >= 11 is 0.563. The molecule has 0 atom stereocenters. The number of thioether (sulfide) groups is 1. The Bertz CT molecular complexity index is 1220. The van der Waals surface area contributed by atoms with Crippen LogP contribution in [0.5, 0.6) is 11.5 Å². The minimum atomic E-state index is -0.973. The van der Waals surface area contributed by atoms with Gasteiger partial charge in [-0.3, -0.25) is 34.7 Å². The van der Waals surface area contributed by atoms with Crippen molar-refractivity contribution in [3.8, 4) is 11.5 Å². The van der Waals surface area contributed by atoms with Gasteiger partial charge in [-0.15, -0.1) is 0 Å². The quantitative estimate of drug-likeness (QED) is 0.315. The van der Waals surface area contributed by atoms with E-state index in [1.165, 1.54) is 0 Å². The molecular formula is C22H21N3O8S. The molecule has 0 spiro atoms. The van der Waals surface area contributed by atoms with Gasteiger partial charge in [-0.2, -0.15) is 0 Å². The maximum atomic E-state index is 12.8. The van der Waals surface area contributed by atoms with Crippen molar-refractivity contribution in [2.75, 3.05) is 13.2 Å². The number of nitro benzene ring substituents is 2. The lowest BCUT2D eigenvalue weighted by molar-refractivity contribution is -0.394. The molecule has 2 aromatic rings. The number of amides is 2. The number of carbonyl (C=O) groups is 2. The molecule has 34 heavy (non-hydrogen) atoms. The number of rotatable bonds is 8. The first kappa shape index (κ1) is 24.7. The molecule has 0 unspecified atom stereocenters. The number of nitrogens with zero attached hydrogens (tertiary/aromatic N) is 3. The molecule has 0 radical (unpaired) electrons. The van der Waals surface area contributed by atoms with Crippen LogP contribution in [0.25, 0.3) is 6.08 Å². The van der Waals surface area contributed by atoms with Gasteiger partial charge in [0.2, 0.25) is 5.75 Å². The van der Waals surface area contributed by atoms with E-state index in [1.54, 1.807) is 0 Å². The predicted octanol–water partition coefficient (Wildman–Crippen LogP) is 4.76. The van der Waals surface area contributed by atoms with Gasteiger partial charge in [0.15, 0.2) is 0 Å². The van der Waals surface area contributed by atoms with Crippen LogP contribution in [-0.4, -0.2) is 44.2 Å². The highest BCUT2D eigenvalue weighted by molar-refractivity contribution is 8.18. The zero-order valence-electron chi connectivity index (χ0n) is 18.5. The average Bonchev–Trinajstić information content (AvgIpc) is 3.01. The lowest BCUT2D eigenvalue weighted by Gasteiger charge is -2.17. The largest absolute Gasteiger partial charge is 0.502 e. The zero-order chi connectivity index (χ0) is 25.2. The highest BCUT2D eigenvalue weighted by Gasteiger charge is 2.35. The van der Waals surface area contributed by atoms with Crippen LogP contribution in [0, 0.1) is 27.2 Å². The van der Waals surface area contributed by atoms with E-state index in [1.807, 2.05) is 39.0 Å². The first-order valence-electron chi connectivity index (χ1n) is 10.1. The van der Waals surface area contributed by atoms with Gasteiger partial charge >= 0.3 is 5.69 Å². The molecule has 12 heteroatoms. The van der Waals surface area contributed by atoms with Crippen molar-refractivity contribution in [1.82, 2.24) is 4.90 Å². The number of phenols is 1. The summed E-state index contributed by atoms with van der Waals surface area (Å²) in [4.78, 5) is 46.4.